The van der Waals surface area contributed by atoms with Crippen LogP contribution >= 0.6 is 11.8 Å². The Labute approximate surface area is 123 Å². The number of carbonyl (C=O) groups excluding carboxylic acids is 2. The zero-order chi connectivity index (χ0) is 16.0. The average molecular weight is 322 g/mol. The highest BCUT2D eigenvalue weighted by Gasteiger charge is 2.31. The van der Waals surface area contributed by atoms with Gasteiger partial charge in [-0.3, -0.25) is 4.79 Å². The van der Waals surface area contributed by atoms with E-state index >= 15 is 0 Å². The Bertz CT molecular complexity index is 529. The van der Waals surface area contributed by atoms with Crippen molar-refractivity contribution >= 4 is 23.7 Å². The molecule has 1 aromatic rings. The summed E-state index contributed by atoms with van der Waals surface area (Å²) in [6.45, 7) is 1.68. The maximum absolute atomic E-state index is 12.7. The van der Waals surface area contributed by atoms with Gasteiger partial charge in [0.15, 0.2) is 0 Å². The van der Waals surface area contributed by atoms with E-state index in [-0.39, 0.29) is 22.8 Å². The lowest BCUT2D eigenvalue weighted by Crippen LogP contribution is -2.11. The van der Waals surface area contributed by atoms with Crippen LogP contribution in [-0.4, -0.2) is 31.4 Å². The molecule has 0 N–H and O–H groups in total. The van der Waals surface area contributed by atoms with Crippen LogP contribution in [0.5, 0.6) is 0 Å². The van der Waals surface area contributed by atoms with Crippen molar-refractivity contribution in [2.45, 2.75) is 18.0 Å². The summed E-state index contributed by atoms with van der Waals surface area (Å²) in [4.78, 5) is 22.8. The third-order valence-corrected chi connectivity index (χ3v) is 3.41. The largest absolute Gasteiger partial charge is 0.468 e. The molecule has 4 nitrogen and oxygen atoms in total. The smallest absolute Gasteiger partial charge is 0.416 e. The number of rotatable bonds is 5. The number of esters is 2. The zero-order valence-corrected chi connectivity index (χ0v) is 12.1. The van der Waals surface area contributed by atoms with E-state index in [0.717, 1.165) is 30.0 Å². The number of ether oxygens (including phenoxy) is 2. The van der Waals surface area contributed by atoms with E-state index in [4.69, 9.17) is 4.74 Å². The fourth-order valence-corrected chi connectivity index (χ4v) is 2.30. The molecular formula is C13H13F3O4S. The van der Waals surface area contributed by atoms with Crippen LogP contribution < -0.4 is 0 Å². The van der Waals surface area contributed by atoms with Crippen LogP contribution in [0, 0.1) is 0 Å². The molecule has 0 heterocycles. The molecule has 0 saturated heterocycles. The third-order valence-electron chi connectivity index (χ3n) is 2.38. The number of carbonyl (C=O) groups is 2. The quantitative estimate of drug-likeness (QED) is 0.616. The molecular weight excluding hydrogens is 309 g/mol. The molecule has 21 heavy (non-hydrogen) atoms. The molecule has 0 aliphatic heterocycles. The van der Waals surface area contributed by atoms with Gasteiger partial charge in [0.2, 0.25) is 0 Å². The highest BCUT2D eigenvalue weighted by Crippen LogP contribution is 2.34. The van der Waals surface area contributed by atoms with Gasteiger partial charge in [0, 0.05) is 4.90 Å². The lowest BCUT2D eigenvalue weighted by molar-refractivity contribution is -0.138. The van der Waals surface area contributed by atoms with Crippen LogP contribution in [0.2, 0.25) is 0 Å². The van der Waals surface area contributed by atoms with Crippen molar-refractivity contribution in [3.8, 4) is 0 Å². The maximum Gasteiger partial charge on any atom is 0.416 e. The van der Waals surface area contributed by atoms with Gasteiger partial charge in [0.05, 0.1) is 30.6 Å². The fraction of sp³-hybridized carbons (Fsp3) is 0.385. The van der Waals surface area contributed by atoms with E-state index in [1.54, 1.807) is 6.92 Å². The molecule has 0 radical (unpaired) electrons. The highest BCUT2D eigenvalue weighted by molar-refractivity contribution is 8.00. The first-order chi connectivity index (χ1) is 9.79. The van der Waals surface area contributed by atoms with Crippen molar-refractivity contribution in [2.24, 2.45) is 0 Å². The number of hydrogen-bond acceptors (Lipinski definition) is 5. The minimum Gasteiger partial charge on any atom is -0.468 e. The predicted octanol–water partition coefficient (Wildman–Crippen LogP) is 3.15. The van der Waals surface area contributed by atoms with Gasteiger partial charge >= 0.3 is 18.1 Å². The monoisotopic (exact) mass is 322 g/mol. The summed E-state index contributed by atoms with van der Waals surface area (Å²) >= 11 is 0.789. The summed E-state index contributed by atoms with van der Waals surface area (Å²) < 4.78 is 47.3. The van der Waals surface area contributed by atoms with Crippen molar-refractivity contribution < 1.29 is 32.2 Å². The van der Waals surface area contributed by atoms with E-state index in [1.165, 1.54) is 7.11 Å². The first-order valence-electron chi connectivity index (χ1n) is 5.87. The third kappa shape index (κ3) is 4.96. The Morgan fingerprint density at radius 3 is 2.48 bits per heavy atom. The van der Waals surface area contributed by atoms with Gasteiger partial charge in [-0.15, -0.1) is 11.8 Å². The molecule has 0 aliphatic carbocycles. The van der Waals surface area contributed by atoms with Crippen molar-refractivity contribution in [1.82, 2.24) is 0 Å². The van der Waals surface area contributed by atoms with Crippen molar-refractivity contribution in [2.75, 3.05) is 19.5 Å². The second-order valence-corrected chi connectivity index (χ2v) is 4.81. The van der Waals surface area contributed by atoms with Crippen LogP contribution in [0.25, 0.3) is 0 Å². The van der Waals surface area contributed by atoms with Gasteiger partial charge in [-0.25, -0.2) is 4.79 Å². The first kappa shape index (κ1) is 17.4. The molecule has 1 aromatic carbocycles. The van der Waals surface area contributed by atoms with Crippen LogP contribution in [0.1, 0.15) is 22.8 Å². The van der Waals surface area contributed by atoms with E-state index < -0.39 is 23.7 Å². The van der Waals surface area contributed by atoms with Crippen LogP contribution in [0.3, 0.4) is 0 Å². The number of alkyl halides is 3. The zero-order valence-electron chi connectivity index (χ0n) is 11.3. The van der Waals surface area contributed by atoms with E-state index in [9.17, 15) is 22.8 Å². The molecule has 0 aromatic heterocycles. The van der Waals surface area contributed by atoms with E-state index in [1.807, 2.05) is 0 Å². The van der Waals surface area contributed by atoms with Gasteiger partial charge in [-0.05, 0) is 25.1 Å². The lowest BCUT2D eigenvalue weighted by Gasteiger charge is -2.12. The van der Waals surface area contributed by atoms with Crippen molar-refractivity contribution in [1.29, 1.82) is 0 Å². The average Bonchev–Trinajstić information content (AvgIpc) is 2.43. The second kappa shape index (κ2) is 7.35. The molecule has 0 atom stereocenters. The standard InChI is InChI=1S/C13H13F3O4S/c1-3-20-12(18)9-5-4-8(13(14,15)16)6-10(9)21-7-11(17)19-2/h4-6H,3,7H2,1-2H3. The summed E-state index contributed by atoms with van der Waals surface area (Å²) in [6.07, 6.45) is -4.53. The Balaban J connectivity index is 3.12. The van der Waals surface area contributed by atoms with Crippen molar-refractivity contribution in [3.05, 3.63) is 29.3 Å². The molecule has 0 spiro atoms. The van der Waals surface area contributed by atoms with Gasteiger partial charge in [0.25, 0.3) is 0 Å². The number of benzene rings is 1. The molecule has 0 amide bonds. The molecule has 0 saturated carbocycles. The summed E-state index contributed by atoms with van der Waals surface area (Å²) in [5.41, 5.74) is -0.915. The topological polar surface area (TPSA) is 52.6 Å². The maximum atomic E-state index is 12.7. The SMILES string of the molecule is CCOC(=O)c1ccc(C(F)(F)F)cc1SCC(=O)OC. The lowest BCUT2D eigenvalue weighted by atomic mass is 10.1. The molecule has 0 unspecified atom stereocenters. The van der Waals surface area contributed by atoms with Gasteiger partial charge in [0.1, 0.15) is 0 Å². The summed E-state index contributed by atoms with van der Waals surface area (Å²) in [5, 5.41) is 0. The van der Waals surface area contributed by atoms with Crippen LogP contribution in [-0.2, 0) is 20.4 Å². The Hall–Kier alpha value is -1.70. The number of halogens is 3. The molecule has 116 valence electrons. The Morgan fingerprint density at radius 1 is 1.29 bits per heavy atom. The summed E-state index contributed by atoms with van der Waals surface area (Å²) in [6, 6.07) is 2.66. The van der Waals surface area contributed by atoms with Gasteiger partial charge in [-0.2, -0.15) is 13.2 Å². The second-order valence-electron chi connectivity index (χ2n) is 3.79. The van der Waals surface area contributed by atoms with Gasteiger partial charge < -0.3 is 9.47 Å². The molecule has 0 bridgehead atoms. The normalized spacial score (nSPS) is 11.1. The molecule has 0 fully saturated rings. The molecule has 0 aliphatic rings. The Morgan fingerprint density at radius 2 is 1.95 bits per heavy atom. The van der Waals surface area contributed by atoms with Gasteiger partial charge in [-0.1, -0.05) is 0 Å². The highest BCUT2D eigenvalue weighted by atomic mass is 32.2. The van der Waals surface area contributed by atoms with Crippen LogP contribution in [0.15, 0.2) is 23.1 Å². The fourth-order valence-electron chi connectivity index (χ4n) is 1.39. The summed E-state index contributed by atoms with van der Waals surface area (Å²) in [5.74, 6) is -1.55. The van der Waals surface area contributed by atoms with E-state index in [0.29, 0.717) is 0 Å². The number of thioether (sulfide) groups is 1. The minimum atomic E-state index is -4.53. The first-order valence-corrected chi connectivity index (χ1v) is 6.86. The minimum absolute atomic E-state index is 0.0150. The number of hydrogen-bond donors (Lipinski definition) is 0. The predicted molar refractivity (Wildman–Crippen MR) is 70.1 cm³/mol. The number of methoxy groups -OCH3 is 1. The van der Waals surface area contributed by atoms with Crippen LogP contribution in [0.4, 0.5) is 13.2 Å². The van der Waals surface area contributed by atoms with E-state index in [2.05, 4.69) is 4.74 Å². The summed E-state index contributed by atoms with van der Waals surface area (Å²) in [7, 11) is 1.17. The Kier molecular flexibility index (Phi) is 6.07. The van der Waals surface area contributed by atoms with Crippen molar-refractivity contribution in [3.63, 3.8) is 0 Å². The molecule has 8 heteroatoms. The molecule has 1 rings (SSSR count).